The third-order valence-corrected chi connectivity index (χ3v) is 3.26. The molecule has 1 atom stereocenters. The van der Waals surface area contributed by atoms with Crippen LogP contribution < -0.4 is 0 Å². The van der Waals surface area contributed by atoms with Crippen molar-refractivity contribution in [1.29, 1.82) is 0 Å². The molecule has 104 valence electrons. The van der Waals surface area contributed by atoms with Gasteiger partial charge in [0, 0.05) is 19.6 Å². The minimum Gasteiger partial charge on any atom is -0.379 e. The van der Waals surface area contributed by atoms with E-state index in [1.165, 1.54) is 12.8 Å². The Hall–Kier alpha value is -0.410. The highest BCUT2D eigenvalue weighted by molar-refractivity contribution is 6.20. The molecule has 0 aromatic carbocycles. The van der Waals surface area contributed by atoms with Gasteiger partial charge in [0.15, 0.2) is 0 Å². The van der Waals surface area contributed by atoms with Crippen molar-refractivity contribution in [2.24, 2.45) is 9.98 Å². The molecule has 1 heterocycles. The highest BCUT2D eigenvalue weighted by atomic mass is 35.5. The fourth-order valence-corrected chi connectivity index (χ4v) is 1.99. The molecule has 0 aromatic rings. The lowest BCUT2D eigenvalue weighted by atomic mass is 10.2. The van der Waals surface area contributed by atoms with Crippen molar-refractivity contribution in [2.75, 3.05) is 39.4 Å². The van der Waals surface area contributed by atoms with E-state index in [4.69, 9.17) is 16.3 Å². The van der Waals surface area contributed by atoms with Crippen LogP contribution in [0.1, 0.15) is 32.6 Å². The Morgan fingerprint density at radius 2 is 2.11 bits per heavy atom. The summed E-state index contributed by atoms with van der Waals surface area (Å²) in [7, 11) is 0. The summed E-state index contributed by atoms with van der Waals surface area (Å²) in [6, 6.07) is 2.71. The zero-order chi connectivity index (χ0) is 13.1. The van der Waals surface area contributed by atoms with Gasteiger partial charge in [-0.3, -0.25) is 4.90 Å². The van der Waals surface area contributed by atoms with Crippen molar-refractivity contribution in [3.8, 4) is 0 Å². The molecule has 0 spiro atoms. The molecular weight excluding hydrogens is 250 g/mol. The van der Waals surface area contributed by atoms with Gasteiger partial charge in [-0.1, -0.05) is 37.8 Å². The van der Waals surface area contributed by atoms with Gasteiger partial charge in [-0.05, 0) is 6.42 Å². The van der Waals surface area contributed by atoms with Crippen molar-refractivity contribution >= 4 is 17.6 Å². The predicted molar refractivity (Wildman–Crippen MR) is 75.8 cm³/mol. The van der Waals surface area contributed by atoms with Crippen LogP contribution in [0, 0.1) is 0 Å². The maximum Gasteiger partial charge on any atom is 0.134 e. The Morgan fingerprint density at radius 3 is 2.83 bits per heavy atom. The number of aliphatic imine (C=N–C) groups is 2. The average molecular weight is 274 g/mol. The van der Waals surface area contributed by atoms with E-state index < -0.39 is 0 Å². The van der Waals surface area contributed by atoms with Crippen LogP contribution in [0.4, 0.5) is 0 Å². The molecule has 5 heteroatoms. The van der Waals surface area contributed by atoms with Crippen LogP contribution in [0.2, 0.25) is 0 Å². The van der Waals surface area contributed by atoms with Gasteiger partial charge in [-0.2, -0.15) is 0 Å². The van der Waals surface area contributed by atoms with Crippen LogP contribution in [0.15, 0.2) is 9.98 Å². The van der Waals surface area contributed by atoms with Gasteiger partial charge in [0.2, 0.25) is 0 Å². The van der Waals surface area contributed by atoms with E-state index in [0.29, 0.717) is 0 Å². The fourth-order valence-electron chi connectivity index (χ4n) is 1.80. The van der Waals surface area contributed by atoms with Gasteiger partial charge < -0.3 is 4.74 Å². The molecule has 0 bridgehead atoms. The van der Waals surface area contributed by atoms with Crippen LogP contribution in [-0.4, -0.2) is 55.8 Å². The van der Waals surface area contributed by atoms with Crippen molar-refractivity contribution in [1.82, 2.24) is 4.90 Å². The molecule has 1 saturated heterocycles. The van der Waals surface area contributed by atoms with Gasteiger partial charge >= 0.3 is 0 Å². The second-order valence-electron chi connectivity index (χ2n) is 4.50. The Morgan fingerprint density at radius 1 is 1.33 bits per heavy atom. The number of morpholine rings is 1. The summed E-state index contributed by atoms with van der Waals surface area (Å²) in [5.41, 5.74) is -0.163. The number of halogens is 1. The number of alkyl halides is 1. The number of hydrogen-bond acceptors (Lipinski definition) is 4. The molecule has 1 fully saturated rings. The van der Waals surface area contributed by atoms with Crippen molar-refractivity contribution in [3.05, 3.63) is 0 Å². The Kier molecular flexibility index (Phi) is 9.13. The number of unbranched alkanes of at least 4 members (excludes halogenated alkanes) is 2. The van der Waals surface area contributed by atoms with Crippen LogP contribution in [0.3, 0.4) is 0 Å². The summed E-state index contributed by atoms with van der Waals surface area (Å²) in [6.45, 7) is 7.54. The van der Waals surface area contributed by atoms with E-state index >= 15 is 0 Å². The highest BCUT2D eigenvalue weighted by Gasteiger charge is 2.08. The maximum absolute atomic E-state index is 6.03. The molecule has 4 nitrogen and oxygen atoms in total. The Balaban J connectivity index is 2.06. The van der Waals surface area contributed by atoms with Crippen LogP contribution in [0.5, 0.6) is 0 Å². The normalized spacial score (nSPS) is 18.1. The van der Waals surface area contributed by atoms with E-state index in [1.807, 2.05) is 0 Å². The van der Waals surface area contributed by atoms with E-state index in [1.54, 1.807) is 0 Å². The topological polar surface area (TPSA) is 37.2 Å². The first-order valence-corrected chi connectivity index (χ1v) is 7.32. The Bertz CT molecular complexity index is 261. The van der Waals surface area contributed by atoms with Gasteiger partial charge in [-0.15, -0.1) is 0 Å². The zero-order valence-electron chi connectivity index (χ0n) is 11.3. The number of rotatable bonds is 8. The first-order valence-electron chi connectivity index (χ1n) is 6.88. The summed E-state index contributed by atoms with van der Waals surface area (Å²) in [4.78, 5) is 10.6. The molecule has 1 aliphatic rings. The second kappa shape index (κ2) is 10.5. The van der Waals surface area contributed by atoms with Gasteiger partial charge in [-0.25, -0.2) is 9.98 Å². The van der Waals surface area contributed by atoms with Gasteiger partial charge in [0.25, 0.3) is 0 Å². The third kappa shape index (κ3) is 7.83. The second-order valence-corrected chi connectivity index (χ2v) is 5.00. The summed E-state index contributed by atoms with van der Waals surface area (Å²) in [6.07, 6.45) is 4.47. The quantitative estimate of drug-likeness (QED) is 0.295. The number of ether oxygens (including phenoxy) is 1. The highest BCUT2D eigenvalue weighted by Crippen LogP contribution is 2.09. The van der Waals surface area contributed by atoms with Crippen molar-refractivity contribution in [3.63, 3.8) is 0 Å². The van der Waals surface area contributed by atoms with Gasteiger partial charge in [0.1, 0.15) is 5.50 Å². The van der Waals surface area contributed by atoms with E-state index in [9.17, 15) is 0 Å². The lowest BCUT2D eigenvalue weighted by Gasteiger charge is -2.25. The molecular formula is C13H24ClN3O. The van der Waals surface area contributed by atoms with Crippen LogP contribution in [-0.2, 0) is 4.74 Å². The summed E-state index contributed by atoms with van der Waals surface area (Å²) in [5.74, 6) is 0. The standard InChI is InChI=1S/C13H24ClN3O/c1-2-3-4-5-13(14)16-12-15-6-7-17-8-10-18-11-9-17/h13H,2-11H2,1H3. The number of nitrogens with zero attached hydrogens (tertiary/aromatic N) is 3. The lowest BCUT2D eigenvalue weighted by molar-refractivity contribution is 0.0395. The smallest absolute Gasteiger partial charge is 0.134 e. The molecule has 0 aromatic heterocycles. The third-order valence-electron chi connectivity index (χ3n) is 2.95. The van der Waals surface area contributed by atoms with E-state index in [-0.39, 0.29) is 5.50 Å². The van der Waals surface area contributed by atoms with Crippen LogP contribution >= 0.6 is 11.6 Å². The van der Waals surface area contributed by atoms with Gasteiger partial charge in [0.05, 0.1) is 25.8 Å². The molecule has 0 amide bonds. The van der Waals surface area contributed by atoms with E-state index in [0.717, 1.165) is 52.2 Å². The summed E-state index contributed by atoms with van der Waals surface area (Å²) >= 11 is 6.03. The Labute approximate surface area is 115 Å². The zero-order valence-corrected chi connectivity index (χ0v) is 12.0. The molecule has 1 unspecified atom stereocenters. The molecule has 1 aliphatic heterocycles. The average Bonchev–Trinajstić information content (AvgIpc) is 2.40. The SMILES string of the molecule is CCCCCC(Cl)N=C=NCCN1CCOCC1. The fraction of sp³-hybridized carbons (Fsp3) is 0.923. The predicted octanol–water partition coefficient (Wildman–Crippen LogP) is 2.64. The molecule has 1 rings (SSSR count). The maximum atomic E-state index is 6.03. The monoisotopic (exact) mass is 273 g/mol. The minimum atomic E-state index is -0.163. The molecule has 0 radical (unpaired) electrons. The molecule has 0 N–H and O–H groups in total. The first-order chi connectivity index (χ1) is 8.83. The minimum absolute atomic E-state index is 0.163. The summed E-state index contributed by atoms with van der Waals surface area (Å²) in [5, 5.41) is 0. The van der Waals surface area contributed by atoms with E-state index in [2.05, 4.69) is 27.8 Å². The number of hydrogen-bond donors (Lipinski definition) is 0. The lowest BCUT2D eigenvalue weighted by Crippen LogP contribution is -2.37. The first kappa shape index (κ1) is 15.6. The summed E-state index contributed by atoms with van der Waals surface area (Å²) < 4.78 is 5.28. The molecule has 0 aliphatic carbocycles. The molecule has 0 saturated carbocycles. The van der Waals surface area contributed by atoms with Crippen molar-refractivity contribution < 1.29 is 4.74 Å². The largest absolute Gasteiger partial charge is 0.379 e. The van der Waals surface area contributed by atoms with Crippen LogP contribution in [0.25, 0.3) is 0 Å². The van der Waals surface area contributed by atoms with Crippen molar-refractivity contribution in [2.45, 2.75) is 38.1 Å². The molecule has 18 heavy (non-hydrogen) atoms.